The van der Waals surface area contributed by atoms with Gasteiger partial charge in [-0.05, 0) is 44.2 Å². The zero-order valence-corrected chi connectivity index (χ0v) is 18.8. The van der Waals surface area contributed by atoms with E-state index in [9.17, 15) is 10.1 Å². The summed E-state index contributed by atoms with van der Waals surface area (Å²) in [6, 6.07) is 17.3. The van der Waals surface area contributed by atoms with Crippen molar-refractivity contribution in [2.45, 2.75) is 25.9 Å². The minimum Gasteiger partial charge on any atom is -0.462 e. The van der Waals surface area contributed by atoms with E-state index in [4.69, 9.17) is 21.3 Å². The molecule has 164 valence electrons. The molecule has 0 aliphatic carbocycles. The van der Waals surface area contributed by atoms with Crippen LogP contribution in [0.15, 0.2) is 48.5 Å². The lowest BCUT2D eigenvalue weighted by atomic mass is 10.1. The van der Waals surface area contributed by atoms with Gasteiger partial charge in [0.15, 0.2) is 11.7 Å². The van der Waals surface area contributed by atoms with E-state index in [1.807, 2.05) is 48.5 Å². The maximum Gasteiger partial charge on any atom is 0.329 e. The molecule has 0 saturated carbocycles. The molecule has 7 nitrogen and oxygen atoms in total. The molecule has 0 spiro atoms. The Hall–Kier alpha value is -3.37. The number of rotatable bonds is 5. The van der Waals surface area contributed by atoms with Crippen LogP contribution >= 0.6 is 11.6 Å². The summed E-state index contributed by atoms with van der Waals surface area (Å²) in [5.41, 5.74) is 2.77. The third kappa shape index (κ3) is 4.61. The van der Waals surface area contributed by atoms with Gasteiger partial charge in [0.05, 0.1) is 23.2 Å². The van der Waals surface area contributed by atoms with Crippen molar-refractivity contribution >= 4 is 40.1 Å². The number of benzene rings is 2. The van der Waals surface area contributed by atoms with Crippen molar-refractivity contribution < 1.29 is 9.53 Å². The first-order valence-corrected chi connectivity index (χ1v) is 11.0. The number of piperazine rings is 1. The molecule has 1 fully saturated rings. The maximum atomic E-state index is 12.7. The number of esters is 1. The van der Waals surface area contributed by atoms with Crippen molar-refractivity contribution in [3.05, 3.63) is 59.2 Å². The number of hydrogen-bond acceptors (Lipinski definition) is 7. The van der Waals surface area contributed by atoms with Gasteiger partial charge in [-0.3, -0.25) is 4.79 Å². The number of fused-ring (bicyclic) bond motifs is 1. The topological polar surface area (TPSA) is 82.3 Å². The fourth-order valence-electron chi connectivity index (χ4n) is 3.81. The van der Waals surface area contributed by atoms with Gasteiger partial charge in [0.1, 0.15) is 5.69 Å². The van der Waals surface area contributed by atoms with E-state index in [1.165, 1.54) is 0 Å². The number of hydrogen-bond donors (Lipinski definition) is 0. The van der Waals surface area contributed by atoms with Gasteiger partial charge in [0, 0.05) is 36.9 Å². The lowest BCUT2D eigenvalue weighted by molar-refractivity contribution is -0.147. The van der Waals surface area contributed by atoms with E-state index in [1.54, 1.807) is 13.8 Å². The van der Waals surface area contributed by atoms with Crippen LogP contribution in [0.3, 0.4) is 0 Å². The Morgan fingerprint density at radius 2 is 1.69 bits per heavy atom. The largest absolute Gasteiger partial charge is 0.462 e. The Kier molecular flexibility index (Phi) is 6.42. The number of anilines is 2. The lowest BCUT2D eigenvalue weighted by Gasteiger charge is -2.37. The van der Waals surface area contributed by atoms with Gasteiger partial charge < -0.3 is 14.5 Å². The number of nitrogens with zero attached hydrogens (tertiary/aromatic N) is 5. The predicted octanol–water partition coefficient (Wildman–Crippen LogP) is 4.17. The highest BCUT2D eigenvalue weighted by Gasteiger charge is 2.31. The van der Waals surface area contributed by atoms with Crippen molar-refractivity contribution in [2.24, 2.45) is 0 Å². The van der Waals surface area contributed by atoms with Crippen LogP contribution in [0.25, 0.3) is 11.0 Å². The van der Waals surface area contributed by atoms with Gasteiger partial charge in [0.2, 0.25) is 0 Å². The second-order valence-corrected chi connectivity index (χ2v) is 8.36. The van der Waals surface area contributed by atoms with Gasteiger partial charge in [-0.15, -0.1) is 0 Å². The molecule has 1 aliphatic heterocycles. The van der Waals surface area contributed by atoms with Gasteiger partial charge in [0.25, 0.3) is 0 Å². The summed E-state index contributed by atoms with van der Waals surface area (Å²) in [5.74, 6) is -1.19. The van der Waals surface area contributed by atoms with Crippen LogP contribution in [-0.4, -0.2) is 48.2 Å². The zero-order valence-electron chi connectivity index (χ0n) is 18.0. The number of carbonyl (C=O) groups excluding carboxylic acids is 1. The SMILES string of the molecule is CC(C)OC(=O)[C@@H](C#N)c1nc2ccccc2nc1N1CCN(c2cccc(Cl)c2)CC1. The van der Waals surface area contributed by atoms with Crippen LogP contribution in [-0.2, 0) is 9.53 Å². The van der Waals surface area contributed by atoms with E-state index < -0.39 is 11.9 Å². The number of carbonyl (C=O) groups is 1. The van der Waals surface area contributed by atoms with Gasteiger partial charge in [-0.25, -0.2) is 9.97 Å². The second-order valence-electron chi connectivity index (χ2n) is 7.92. The fraction of sp³-hybridized carbons (Fsp3) is 0.333. The maximum absolute atomic E-state index is 12.7. The molecule has 1 aromatic heterocycles. The van der Waals surface area contributed by atoms with Crippen LogP contribution in [0.5, 0.6) is 0 Å². The molecular formula is C24H24ClN5O2. The van der Waals surface area contributed by atoms with E-state index in [2.05, 4.69) is 20.9 Å². The normalized spacial score (nSPS) is 15.0. The average Bonchev–Trinajstić information content (AvgIpc) is 2.79. The summed E-state index contributed by atoms with van der Waals surface area (Å²) in [4.78, 5) is 26.5. The van der Waals surface area contributed by atoms with Crippen LogP contribution in [0, 0.1) is 11.3 Å². The standard InChI is InChI=1S/C24H24ClN5O2/c1-16(2)32-24(31)19(15-26)22-23(28-21-9-4-3-8-20(21)27-22)30-12-10-29(11-13-30)18-7-5-6-17(25)14-18/h3-9,14,16,19H,10-13H2,1-2H3/t19-/m0/s1. The molecule has 8 heteroatoms. The van der Waals surface area contributed by atoms with Crippen molar-refractivity contribution in [2.75, 3.05) is 36.0 Å². The summed E-state index contributed by atoms with van der Waals surface area (Å²) in [7, 11) is 0. The summed E-state index contributed by atoms with van der Waals surface area (Å²) in [6.45, 7) is 6.36. The van der Waals surface area contributed by atoms with E-state index in [-0.39, 0.29) is 6.10 Å². The minimum absolute atomic E-state index is 0.323. The second kappa shape index (κ2) is 9.41. The Morgan fingerprint density at radius 1 is 1.03 bits per heavy atom. The molecular weight excluding hydrogens is 426 g/mol. The Bertz CT molecular complexity index is 1170. The summed E-state index contributed by atoms with van der Waals surface area (Å²) in [5, 5.41) is 10.5. The molecule has 0 unspecified atom stereocenters. The fourth-order valence-corrected chi connectivity index (χ4v) is 3.99. The molecule has 0 bridgehead atoms. The minimum atomic E-state index is -1.14. The van der Waals surface area contributed by atoms with Crippen LogP contribution in [0.1, 0.15) is 25.5 Å². The third-order valence-corrected chi connectivity index (χ3v) is 5.56. The molecule has 1 atom stereocenters. The summed E-state index contributed by atoms with van der Waals surface area (Å²) >= 11 is 6.15. The van der Waals surface area contributed by atoms with Crippen molar-refractivity contribution in [1.29, 1.82) is 5.26 Å². The number of ether oxygens (including phenoxy) is 1. The number of halogens is 1. The average molecular weight is 450 g/mol. The quantitative estimate of drug-likeness (QED) is 0.540. The lowest BCUT2D eigenvalue weighted by Crippen LogP contribution is -2.47. The van der Waals surface area contributed by atoms with Gasteiger partial charge in [-0.1, -0.05) is 29.8 Å². The molecule has 2 heterocycles. The van der Waals surface area contributed by atoms with Crippen LogP contribution in [0.4, 0.5) is 11.5 Å². The van der Waals surface area contributed by atoms with Gasteiger partial charge >= 0.3 is 5.97 Å². The highest BCUT2D eigenvalue weighted by Crippen LogP contribution is 2.30. The Morgan fingerprint density at radius 3 is 2.31 bits per heavy atom. The first kappa shape index (κ1) is 21.8. The first-order chi connectivity index (χ1) is 15.5. The molecule has 2 aromatic carbocycles. The molecule has 32 heavy (non-hydrogen) atoms. The zero-order chi connectivity index (χ0) is 22.7. The Labute approximate surface area is 192 Å². The molecule has 1 aliphatic rings. The third-order valence-electron chi connectivity index (χ3n) is 5.32. The molecule has 0 amide bonds. The number of para-hydroxylation sites is 2. The molecule has 1 saturated heterocycles. The highest BCUT2D eigenvalue weighted by atomic mass is 35.5. The molecule has 3 aromatic rings. The highest BCUT2D eigenvalue weighted by molar-refractivity contribution is 6.30. The van der Waals surface area contributed by atoms with Crippen molar-refractivity contribution in [3.8, 4) is 6.07 Å². The smallest absolute Gasteiger partial charge is 0.329 e. The number of aromatic nitrogens is 2. The summed E-state index contributed by atoms with van der Waals surface area (Å²) in [6.07, 6.45) is -0.323. The predicted molar refractivity (Wildman–Crippen MR) is 125 cm³/mol. The molecule has 4 rings (SSSR count). The van der Waals surface area contributed by atoms with Crippen LogP contribution < -0.4 is 9.80 Å². The summed E-state index contributed by atoms with van der Waals surface area (Å²) < 4.78 is 5.33. The molecule has 0 N–H and O–H groups in total. The van der Waals surface area contributed by atoms with E-state index >= 15 is 0 Å². The Balaban J connectivity index is 1.66. The van der Waals surface area contributed by atoms with Crippen molar-refractivity contribution in [1.82, 2.24) is 9.97 Å². The van der Waals surface area contributed by atoms with Crippen LogP contribution in [0.2, 0.25) is 5.02 Å². The van der Waals surface area contributed by atoms with Gasteiger partial charge in [-0.2, -0.15) is 5.26 Å². The monoisotopic (exact) mass is 449 g/mol. The van der Waals surface area contributed by atoms with E-state index in [0.717, 1.165) is 24.3 Å². The molecule has 0 radical (unpaired) electrons. The first-order valence-electron chi connectivity index (χ1n) is 10.6. The number of nitriles is 1. The van der Waals surface area contributed by atoms with Crippen molar-refractivity contribution in [3.63, 3.8) is 0 Å². The van der Waals surface area contributed by atoms with E-state index in [0.29, 0.717) is 35.1 Å².